The van der Waals surface area contributed by atoms with Gasteiger partial charge in [0.15, 0.2) is 0 Å². The summed E-state index contributed by atoms with van der Waals surface area (Å²) in [7, 11) is 0. The zero-order chi connectivity index (χ0) is 12.4. The summed E-state index contributed by atoms with van der Waals surface area (Å²) in [5.74, 6) is 0. The van der Waals surface area contributed by atoms with Crippen LogP contribution in [0.4, 0.5) is 0 Å². The van der Waals surface area contributed by atoms with Gasteiger partial charge in [0.05, 0.1) is 6.61 Å². The van der Waals surface area contributed by atoms with E-state index in [2.05, 4.69) is 19.2 Å². The molecule has 1 aliphatic heterocycles. The van der Waals surface area contributed by atoms with Crippen molar-refractivity contribution in [2.45, 2.75) is 64.0 Å². The predicted molar refractivity (Wildman–Crippen MR) is 69.0 cm³/mol. The molecule has 0 aromatic heterocycles. The highest BCUT2D eigenvalue weighted by Crippen LogP contribution is 2.52. The van der Waals surface area contributed by atoms with Crippen LogP contribution in [0.2, 0.25) is 0 Å². The van der Waals surface area contributed by atoms with Crippen LogP contribution in [0.3, 0.4) is 0 Å². The normalized spacial score (nSPS) is 34.1. The third-order valence-corrected chi connectivity index (χ3v) is 5.13. The molecular weight excluding hydrogens is 214 g/mol. The van der Waals surface area contributed by atoms with Gasteiger partial charge in [-0.05, 0) is 44.4 Å². The van der Waals surface area contributed by atoms with Gasteiger partial charge in [-0.2, -0.15) is 0 Å². The number of aliphatic hydroxyl groups excluding tert-OH is 1. The van der Waals surface area contributed by atoms with Gasteiger partial charge in [-0.1, -0.05) is 13.3 Å². The summed E-state index contributed by atoms with van der Waals surface area (Å²) in [6.07, 6.45) is 6.94. The second-order valence-corrected chi connectivity index (χ2v) is 5.94. The van der Waals surface area contributed by atoms with Crippen LogP contribution in [0.25, 0.3) is 0 Å². The molecule has 2 aliphatic rings. The maximum Gasteiger partial charge on any atom is 0.0618 e. The summed E-state index contributed by atoms with van der Waals surface area (Å²) in [6.45, 7) is 6.43. The fourth-order valence-electron chi connectivity index (χ4n) is 3.82. The molecule has 2 rings (SSSR count). The highest BCUT2D eigenvalue weighted by molar-refractivity contribution is 5.10. The molecule has 100 valence electrons. The molecule has 3 heteroatoms. The molecule has 0 radical (unpaired) electrons. The average Bonchev–Trinajstić information content (AvgIpc) is 2.69. The van der Waals surface area contributed by atoms with Crippen molar-refractivity contribution in [3.8, 4) is 0 Å². The first-order chi connectivity index (χ1) is 8.18. The summed E-state index contributed by atoms with van der Waals surface area (Å²) < 4.78 is 5.52. The Labute approximate surface area is 105 Å². The molecule has 1 heterocycles. The van der Waals surface area contributed by atoms with E-state index >= 15 is 0 Å². The maximum atomic E-state index is 9.98. The molecule has 3 nitrogen and oxygen atoms in total. The van der Waals surface area contributed by atoms with E-state index < -0.39 is 0 Å². The van der Waals surface area contributed by atoms with Crippen LogP contribution < -0.4 is 5.32 Å². The molecule has 17 heavy (non-hydrogen) atoms. The van der Waals surface area contributed by atoms with Gasteiger partial charge in [-0.15, -0.1) is 0 Å². The van der Waals surface area contributed by atoms with Crippen molar-refractivity contribution < 1.29 is 9.84 Å². The minimum atomic E-state index is -0.0494. The van der Waals surface area contributed by atoms with Crippen molar-refractivity contribution in [3.05, 3.63) is 0 Å². The summed E-state index contributed by atoms with van der Waals surface area (Å²) in [5.41, 5.74) is 0.232. The van der Waals surface area contributed by atoms with Gasteiger partial charge in [-0.3, -0.25) is 0 Å². The van der Waals surface area contributed by atoms with Crippen molar-refractivity contribution in [1.82, 2.24) is 5.32 Å². The molecule has 2 unspecified atom stereocenters. The predicted octanol–water partition coefficient (Wildman–Crippen LogP) is 2.09. The minimum absolute atomic E-state index is 0.0494. The van der Waals surface area contributed by atoms with Gasteiger partial charge in [0.2, 0.25) is 0 Å². The Hall–Kier alpha value is -0.120. The Morgan fingerprint density at radius 1 is 1.24 bits per heavy atom. The van der Waals surface area contributed by atoms with E-state index in [0.717, 1.165) is 38.9 Å². The van der Waals surface area contributed by atoms with Gasteiger partial charge in [0.25, 0.3) is 0 Å². The zero-order valence-corrected chi connectivity index (χ0v) is 11.3. The van der Waals surface area contributed by atoms with Crippen molar-refractivity contribution in [2.75, 3.05) is 19.8 Å². The molecule has 0 aromatic carbocycles. The Morgan fingerprint density at radius 2 is 1.94 bits per heavy atom. The third kappa shape index (κ3) is 2.25. The number of rotatable bonds is 4. The van der Waals surface area contributed by atoms with Crippen LogP contribution >= 0.6 is 0 Å². The number of hydrogen-bond acceptors (Lipinski definition) is 3. The van der Waals surface area contributed by atoms with E-state index in [1.807, 2.05) is 0 Å². The lowest BCUT2D eigenvalue weighted by Gasteiger charge is -2.49. The molecular formula is C14H27NO2. The second-order valence-electron chi connectivity index (χ2n) is 5.94. The lowest BCUT2D eigenvalue weighted by molar-refractivity contribution is -0.0489. The molecule has 2 fully saturated rings. The molecule has 0 amide bonds. The van der Waals surface area contributed by atoms with Crippen molar-refractivity contribution >= 4 is 0 Å². The van der Waals surface area contributed by atoms with E-state index in [0.29, 0.717) is 6.04 Å². The SMILES string of the molecule is CCC(C)NC1(CO)CCCC12CCOCC2. The summed E-state index contributed by atoms with van der Waals surface area (Å²) in [5, 5.41) is 13.7. The van der Waals surface area contributed by atoms with Crippen LogP contribution in [0, 0.1) is 5.41 Å². The van der Waals surface area contributed by atoms with Gasteiger partial charge in [0.1, 0.15) is 0 Å². The first kappa shape index (κ1) is 13.3. The second kappa shape index (κ2) is 5.25. The summed E-state index contributed by atoms with van der Waals surface area (Å²) >= 11 is 0. The Balaban J connectivity index is 2.18. The van der Waals surface area contributed by atoms with Gasteiger partial charge in [0, 0.05) is 24.8 Å². The number of ether oxygens (including phenoxy) is 1. The largest absolute Gasteiger partial charge is 0.394 e. The van der Waals surface area contributed by atoms with Crippen molar-refractivity contribution in [1.29, 1.82) is 0 Å². The average molecular weight is 241 g/mol. The van der Waals surface area contributed by atoms with Crippen LogP contribution in [-0.2, 0) is 4.74 Å². The first-order valence-corrected chi connectivity index (χ1v) is 7.14. The number of aliphatic hydroxyl groups is 1. The van der Waals surface area contributed by atoms with Gasteiger partial charge in [-0.25, -0.2) is 0 Å². The van der Waals surface area contributed by atoms with E-state index in [1.165, 1.54) is 12.8 Å². The topological polar surface area (TPSA) is 41.5 Å². The molecule has 2 atom stereocenters. The monoisotopic (exact) mass is 241 g/mol. The quantitative estimate of drug-likeness (QED) is 0.792. The highest BCUT2D eigenvalue weighted by atomic mass is 16.5. The zero-order valence-electron chi connectivity index (χ0n) is 11.3. The Bertz CT molecular complexity index is 251. The molecule has 1 saturated carbocycles. The molecule has 1 aliphatic carbocycles. The summed E-state index contributed by atoms with van der Waals surface area (Å²) in [6, 6.07) is 0.486. The third-order valence-electron chi connectivity index (χ3n) is 5.13. The van der Waals surface area contributed by atoms with Crippen LogP contribution in [0.5, 0.6) is 0 Å². The highest BCUT2D eigenvalue weighted by Gasteiger charge is 2.54. The van der Waals surface area contributed by atoms with Gasteiger partial charge >= 0.3 is 0 Å². The standard InChI is InChI=1S/C14H27NO2/c1-3-12(2)15-14(11-16)6-4-5-13(14)7-9-17-10-8-13/h12,15-16H,3-11H2,1-2H3. The lowest BCUT2D eigenvalue weighted by Crippen LogP contribution is -2.61. The molecule has 2 N–H and O–H groups in total. The van der Waals surface area contributed by atoms with Crippen LogP contribution in [-0.4, -0.2) is 36.5 Å². The first-order valence-electron chi connectivity index (χ1n) is 7.14. The lowest BCUT2D eigenvalue weighted by atomic mass is 9.66. The van der Waals surface area contributed by atoms with E-state index in [-0.39, 0.29) is 17.6 Å². The van der Waals surface area contributed by atoms with Crippen molar-refractivity contribution in [2.24, 2.45) is 5.41 Å². The van der Waals surface area contributed by atoms with E-state index in [4.69, 9.17) is 4.74 Å². The minimum Gasteiger partial charge on any atom is -0.394 e. The fourth-order valence-corrected chi connectivity index (χ4v) is 3.82. The van der Waals surface area contributed by atoms with Crippen molar-refractivity contribution in [3.63, 3.8) is 0 Å². The Morgan fingerprint density at radius 3 is 2.53 bits per heavy atom. The molecule has 1 saturated heterocycles. The van der Waals surface area contributed by atoms with Crippen LogP contribution in [0.15, 0.2) is 0 Å². The summed E-state index contributed by atoms with van der Waals surface area (Å²) in [4.78, 5) is 0. The molecule has 0 bridgehead atoms. The van der Waals surface area contributed by atoms with Crippen LogP contribution in [0.1, 0.15) is 52.4 Å². The maximum absolute atomic E-state index is 9.98. The molecule has 0 aromatic rings. The number of nitrogens with one attached hydrogen (secondary N) is 1. The van der Waals surface area contributed by atoms with Gasteiger partial charge < -0.3 is 15.2 Å². The smallest absolute Gasteiger partial charge is 0.0618 e. The Kier molecular flexibility index (Phi) is 4.11. The molecule has 1 spiro atoms. The fraction of sp³-hybridized carbons (Fsp3) is 1.00. The van der Waals surface area contributed by atoms with E-state index in [9.17, 15) is 5.11 Å². The van der Waals surface area contributed by atoms with E-state index in [1.54, 1.807) is 0 Å². The number of hydrogen-bond donors (Lipinski definition) is 2.